The maximum absolute atomic E-state index is 12.6. The monoisotopic (exact) mass is 371 g/mol. The number of benzene rings is 1. The van der Waals surface area contributed by atoms with E-state index in [2.05, 4.69) is 9.72 Å². The van der Waals surface area contributed by atoms with E-state index in [0.29, 0.717) is 5.75 Å². The molecule has 128 valence electrons. The van der Waals surface area contributed by atoms with E-state index in [1.807, 2.05) is 13.8 Å². The first-order valence-corrected chi connectivity index (χ1v) is 7.63. The standard InChI is InChI=1S/C15H15Cl2N3O4/c1-7(2)24-8-4-9(16)12(10(17)5-8)20-6-19-13(18)11(14(20)21)15(22)23-3/h4-7H,18H2,1-3H3. The van der Waals surface area contributed by atoms with Gasteiger partial charge in [0.2, 0.25) is 0 Å². The van der Waals surface area contributed by atoms with Crippen LogP contribution in [0.15, 0.2) is 23.3 Å². The first-order valence-electron chi connectivity index (χ1n) is 6.87. The highest BCUT2D eigenvalue weighted by molar-refractivity contribution is 6.38. The maximum Gasteiger partial charge on any atom is 0.347 e. The summed E-state index contributed by atoms with van der Waals surface area (Å²) in [5.41, 5.74) is 4.62. The van der Waals surface area contributed by atoms with Crippen molar-refractivity contribution in [2.24, 2.45) is 0 Å². The molecule has 0 amide bonds. The summed E-state index contributed by atoms with van der Waals surface area (Å²) in [6, 6.07) is 3.03. The molecule has 1 aromatic carbocycles. The van der Waals surface area contributed by atoms with E-state index >= 15 is 0 Å². The van der Waals surface area contributed by atoms with Crippen molar-refractivity contribution < 1.29 is 14.3 Å². The Morgan fingerprint density at radius 3 is 2.38 bits per heavy atom. The van der Waals surface area contributed by atoms with Gasteiger partial charge in [-0.3, -0.25) is 9.36 Å². The summed E-state index contributed by atoms with van der Waals surface area (Å²) in [6.07, 6.45) is 1.06. The van der Waals surface area contributed by atoms with Gasteiger partial charge in [-0.1, -0.05) is 23.2 Å². The Labute approximate surface area is 147 Å². The van der Waals surface area contributed by atoms with Crippen molar-refractivity contribution >= 4 is 35.0 Å². The maximum atomic E-state index is 12.6. The van der Waals surface area contributed by atoms with Crippen LogP contribution in [0.2, 0.25) is 10.0 Å². The smallest absolute Gasteiger partial charge is 0.347 e. The number of hydrogen-bond donors (Lipinski definition) is 1. The van der Waals surface area contributed by atoms with Crippen molar-refractivity contribution in [1.82, 2.24) is 9.55 Å². The number of carbonyl (C=O) groups is 1. The van der Waals surface area contributed by atoms with Crippen molar-refractivity contribution in [3.8, 4) is 11.4 Å². The lowest BCUT2D eigenvalue weighted by molar-refractivity contribution is 0.0599. The number of ether oxygens (including phenoxy) is 2. The van der Waals surface area contributed by atoms with Crippen molar-refractivity contribution in [1.29, 1.82) is 0 Å². The summed E-state index contributed by atoms with van der Waals surface area (Å²) in [5, 5.41) is 0.310. The quantitative estimate of drug-likeness (QED) is 0.829. The predicted molar refractivity (Wildman–Crippen MR) is 91.4 cm³/mol. The van der Waals surface area contributed by atoms with Crippen molar-refractivity contribution in [2.45, 2.75) is 20.0 Å². The Balaban J connectivity index is 2.65. The number of nitrogen functional groups attached to an aromatic ring is 1. The van der Waals surface area contributed by atoms with E-state index in [4.69, 9.17) is 33.7 Å². The molecule has 0 radical (unpaired) electrons. The van der Waals surface area contributed by atoms with Gasteiger partial charge in [0.1, 0.15) is 17.9 Å². The molecule has 0 aliphatic carbocycles. The summed E-state index contributed by atoms with van der Waals surface area (Å²) in [6.45, 7) is 3.71. The summed E-state index contributed by atoms with van der Waals surface area (Å²) in [4.78, 5) is 28.1. The van der Waals surface area contributed by atoms with Crippen LogP contribution in [0.4, 0.5) is 5.82 Å². The van der Waals surface area contributed by atoms with Crippen LogP contribution >= 0.6 is 23.2 Å². The summed E-state index contributed by atoms with van der Waals surface area (Å²) in [7, 11) is 1.14. The molecule has 0 aliphatic heterocycles. The number of anilines is 1. The van der Waals surface area contributed by atoms with E-state index < -0.39 is 17.1 Å². The van der Waals surface area contributed by atoms with E-state index in [9.17, 15) is 9.59 Å². The normalized spacial score (nSPS) is 10.8. The highest BCUT2D eigenvalue weighted by Crippen LogP contribution is 2.33. The van der Waals surface area contributed by atoms with Gasteiger partial charge in [0, 0.05) is 12.1 Å². The molecule has 0 fully saturated rings. The third-order valence-electron chi connectivity index (χ3n) is 2.99. The number of carbonyl (C=O) groups excluding carboxylic acids is 1. The van der Waals surface area contributed by atoms with Gasteiger partial charge >= 0.3 is 5.97 Å². The van der Waals surface area contributed by atoms with Crippen LogP contribution in [-0.4, -0.2) is 28.7 Å². The van der Waals surface area contributed by atoms with Crippen LogP contribution in [0.5, 0.6) is 5.75 Å². The first-order chi connectivity index (χ1) is 11.3. The predicted octanol–water partition coefficient (Wildman–Crippen LogP) is 2.70. The van der Waals surface area contributed by atoms with Crippen LogP contribution < -0.4 is 16.0 Å². The molecule has 0 atom stereocenters. The molecular weight excluding hydrogens is 357 g/mol. The van der Waals surface area contributed by atoms with Crippen LogP contribution in [0.1, 0.15) is 24.2 Å². The molecule has 0 bridgehead atoms. The van der Waals surface area contributed by atoms with E-state index in [1.54, 1.807) is 0 Å². The average Bonchev–Trinajstić information content (AvgIpc) is 2.47. The van der Waals surface area contributed by atoms with E-state index in [1.165, 1.54) is 12.1 Å². The van der Waals surface area contributed by atoms with Crippen molar-refractivity contribution in [3.63, 3.8) is 0 Å². The Bertz CT molecular complexity index is 826. The minimum absolute atomic E-state index is 0.0742. The summed E-state index contributed by atoms with van der Waals surface area (Å²) >= 11 is 12.5. The number of rotatable bonds is 4. The van der Waals surface area contributed by atoms with Gasteiger partial charge in [-0.25, -0.2) is 9.78 Å². The molecule has 0 saturated heterocycles. The van der Waals surface area contributed by atoms with Gasteiger partial charge in [0.15, 0.2) is 5.56 Å². The number of methoxy groups -OCH3 is 1. The van der Waals surface area contributed by atoms with Gasteiger partial charge in [0.05, 0.1) is 28.9 Å². The molecule has 7 nitrogen and oxygen atoms in total. The number of halogens is 2. The van der Waals surface area contributed by atoms with E-state index in [0.717, 1.165) is 18.0 Å². The lowest BCUT2D eigenvalue weighted by atomic mass is 10.2. The van der Waals surface area contributed by atoms with Gasteiger partial charge in [-0.15, -0.1) is 0 Å². The van der Waals surface area contributed by atoms with Crippen molar-refractivity contribution in [2.75, 3.05) is 12.8 Å². The van der Waals surface area contributed by atoms with Crippen LogP contribution in [-0.2, 0) is 4.74 Å². The average molecular weight is 372 g/mol. The third kappa shape index (κ3) is 3.47. The zero-order valence-corrected chi connectivity index (χ0v) is 14.7. The number of aromatic nitrogens is 2. The molecular formula is C15H15Cl2N3O4. The third-order valence-corrected chi connectivity index (χ3v) is 3.57. The topological polar surface area (TPSA) is 96.4 Å². The molecule has 0 aliphatic rings. The fraction of sp³-hybridized carbons (Fsp3) is 0.267. The molecule has 9 heteroatoms. The fourth-order valence-corrected chi connectivity index (χ4v) is 2.68. The number of esters is 1. The molecule has 0 saturated carbocycles. The molecule has 24 heavy (non-hydrogen) atoms. The Morgan fingerprint density at radius 1 is 1.29 bits per heavy atom. The molecule has 1 aromatic heterocycles. The Kier molecular flexibility index (Phi) is 5.36. The van der Waals surface area contributed by atoms with Gasteiger partial charge in [-0.05, 0) is 13.8 Å². The van der Waals surface area contributed by atoms with Crippen LogP contribution in [0.25, 0.3) is 5.69 Å². The largest absolute Gasteiger partial charge is 0.491 e. The molecule has 2 N–H and O–H groups in total. The molecule has 1 heterocycles. The number of hydrogen-bond acceptors (Lipinski definition) is 6. The molecule has 2 aromatic rings. The summed E-state index contributed by atoms with van der Waals surface area (Å²) in [5.74, 6) is -0.685. The van der Waals surface area contributed by atoms with Crippen LogP contribution in [0, 0.1) is 0 Å². The highest BCUT2D eigenvalue weighted by Gasteiger charge is 2.21. The van der Waals surface area contributed by atoms with Crippen LogP contribution in [0.3, 0.4) is 0 Å². The fourth-order valence-electron chi connectivity index (χ4n) is 2.03. The second-order valence-corrected chi connectivity index (χ2v) is 5.89. The lowest BCUT2D eigenvalue weighted by Gasteiger charge is -2.15. The zero-order valence-electron chi connectivity index (χ0n) is 13.2. The number of nitrogens with two attached hydrogens (primary N) is 1. The van der Waals surface area contributed by atoms with Gasteiger partial charge in [0.25, 0.3) is 5.56 Å². The van der Waals surface area contributed by atoms with Crippen molar-refractivity contribution in [3.05, 3.63) is 44.4 Å². The SMILES string of the molecule is COC(=O)c1c(N)ncn(-c2c(Cl)cc(OC(C)C)cc2Cl)c1=O. The second kappa shape index (κ2) is 7.11. The lowest BCUT2D eigenvalue weighted by Crippen LogP contribution is -2.28. The Hall–Kier alpha value is -2.25. The highest BCUT2D eigenvalue weighted by atomic mass is 35.5. The zero-order chi connectivity index (χ0) is 18.0. The second-order valence-electron chi connectivity index (χ2n) is 5.07. The molecule has 0 unspecified atom stereocenters. The first kappa shape index (κ1) is 18.1. The van der Waals surface area contributed by atoms with Gasteiger partial charge < -0.3 is 15.2 Å². The minimum atomic E-state index is -0.897. The molecule has 2 rings (SSSR count). The Morgan fingerprint density at radius 2 is 1.88 bits per heavy atom. The minimum Gasteiger partial charge on any atom is -0.491 e. The molecule has 0 spiro atoms. The van der Waals surface area contributed by atoms with Gasteiger partial charge in [-0.2, -0.15) is 0 Å². The summed E-state index contributed by atoms with van der Waals surface area (Å²) < 4.78 is 11.1. The number of nitrogens with zero attached hydrogens (tertiary/aromatic N) is 2. The van der Waals surface area contributed by atoms with E-state index in [-0.39, 0.29) is 27.7 Å².